The molecule has 1 aromatic heterocycles. The Hall–Kier alpha value is -1.48. The number of piperidine rings is 1. The molecule has 0 radical (unpaired) electrons. The number of amides is 1. The summed E-state index contributed by atoms with van der Waals surface area (Å²) < 4.78 is 19.7. The predicted octanol–water partition coefficient (Wildman–Crippen LogP) is 1.60. The number of nitrogens with zero attached hydrogens (tertiary/aromatic N) is 4. The number of hydrogen-bond acceptors (Lipinski definition) is 6. The van der Waals surface area contributed by atoms with Crippen LogP contribution in [0.4, 0.5) is 0 Å². The first-order valence-electron chi connectivity index (χ1n) is 11.4. The van der Waals surface area contributed by atoms with Crippen molar-refractivity contribution in [3.63, 3.8) is 0 Å². The minimum Gasteiger partial charge on any atom is -0.378 e. The molecule has 8 heteroatoms. The Labute approximate surface area is 179 Å². The lowest BCUT2D eigenvalue weighted by Crippen LogP contribution is -2.51. The number of aromatic nitrogens is 2. The number of hydrogen-bond donors (Lipinski definition) is 0. The molecule has 3 aliphatic rings. The molecule has 4 heterocycles. The van der Waals surface area contributed by atoms with E-state index in [1.165, 1.54) is 11.3 Å². The fourth-order valence-electron chi connectivity index (χ4n) is 4.89. The van der Waals surface area contributed by atoms with Crippen LogP contribution in [0.3, 0.4) is 0 Å². The van der Waals surface area contributed by atoms with Crippen LogP contribution in [0.1, 0.15) is 43.9 Å². The SMILES string of the molecule is CCn1ncc(CN2CCC3(CC2)CC(OCC(=O)N2CCOCC2)CCO3)c1C. The van der Waals surface area contributed by atoms with Gasteiger partial charge in [0, 0.05) is 63.6 Å². The van der Waals surface area contributed by atoms with Crippen molar-refractivity contribution in [2.45, 2.75) is 64.3 Å². The number of rotatable bonds is 6. The van der Waals surface area contributed by atoms with E-state index in [0.717, 1.165) is 58.5 Å². The van der Waals surface area contributed by atoms with Gasteiger partial charge in [-0.2, -0.15) is 5.10 Å². The Morgan fingerprint density at radius 3 is 2.70 bits per heavy atom. The summed E-state index contributed by atoms with van der Waals surface area (Å²) in [6.07, 6.45) is 5.92. The summed E-state index contributed by atoms with van der Waals surface area (Å²) in [5, 5.41) is 4.47. The van der Waals surface area contributed by atoms with E-state index in [0.29, 0.717) is 26.3 Å². The Morgan fingerprint density at radius 1 is 1.23 bits per heavy atom. The average Bonchev–Trinajstić information content (AvgIpc) is 3.14. The summed E-state index contributed by atoms with van der Waals surface area (Å²) in [6, 6.07) is 0. The molecule has 0 aliphatic carbocycles. The first-order chi connectivity index (χ1) is 14.6. The normalized spacial score (nSPS) is 25.0. The Kier molecular flexibility index (Phi) is 7.08. The largest absolute Gasteiger partial charge is 0.378 e. The van der Waals surface area contributed by atoms with Crippen LogP contribution in [0.25, 0.3) is 0 Å². The number of carbonyl (C=O) groups excluding carboxylic acids is 1. The molecule has 30 heavy (non-hydrogen) atoms. The molecule has 0 saturated carbocycles. The van der Waals surface area contributed by atoms with Crippen molar-refractivity contribution in [3.05, 3.63) is 17.5 Å². The van der Waals surface area contributed by atoms with Crippen molar-refractivity contribution in [2.75, 3.05) is 52.6 Å². The molecular formula is C22H36N4O4. The first-order valence-corrected chi connectivity index (χ1v) is 11.4. The second-order valence-corrected chi connectivity index (χ2v) is 8.80. The van der Waals surface area contributed by atoms with Gasteiger partial charge in [0.25, 0.3) is 0 Å². The molecule has 3 aliphatic heterocycles. The molecule has 4 rings (SSSR count). The molecule has 1 spiro atoms. The Bertz CT molecular complexity index is 708. The van der Waals surface area contributed by atoms with Crippen molar-refractivity contribution < 1.29 is 19.0 Å². The zero-order valence-corrected chi connectivity index (χ0v) is 18.5. The van der Waals surface area contributed by atoms with Crippen LogP contribution in [-0.4, -0.2) is 89.8 Å². The second kappa shape index (κ2) is 9.77. The highest BCUT2D eigenvalue weighted by molar-refractivity contribution is 5.77. The third-order valence-electron chi connectivity index (χ3n) is 6.92. The van der Waals surface area contributed by atoms with Crippen molar-refractivity contribution in [2.24, 2.45) is 0 Å². The van der Waals surface area contributed by atoms with Crippen LogP contribution < -0.4 is 0 Å². The molecule has 3 fully saturated rings. The molecule has 1 unspecified atom stereocenters. The maximum Gasteiger partial charge on any atom is 0.248 e. The third-order valence-corrected chi connectivity index (χ3v) is 6.92. The molecule has 168 valence electrons. The van der Waals surface area contributed by atoms with E-state index in [2.05, 4.69) is 28.5 Å². The third kappa shape index (κ3) is 5.04. The summed E-state index contributed by atoms with van der Waals surface area (Å²) in [5.74, 6) is 0.0802. The van der Waals surface area contributed by atoms with Crippen molar-refractivity contribution in [1.29, 1.82) is 0 Å². The van der Waals surface area contributed by atoms with Crippen LogP contribution in [0.15, 0.2) is 6.20 Å². The smallest absolute Gasteiger partial charge is 0.248 e. The van der Waals surface area contributed by atoms with Crippen molar-refractivity contribution in [1.82, 2.24) is 19.6 Å². The summed E-state index contributed by atoms with van der Waals surface area (Å²) in [5.41, 5.74) is 2.50. The molecule has 0 bridgehead atoms. The summed E-state index contributed by atoms with van der Waals surface area (Å²) in [6.45, 7) is 11.7. The van der Waals surface area contributed by atoms with Crippen LogP contribution in [0.5, 0.6) is 0 Å². The lowest BCUT2D eigenvalue weighted by molar-refractivity contribution is -0.165. The van der Waals surface area contributed by atoms with Gasteiger partial charge in [0.15, 0.2) is 0 Å². The lowest BCUT2D eigenvalue weighted by atomic mass is 9.83. The van der Waals surface area contributed by atoms with Gasteiger partial charge < -0.3 is 19.1 Å². The highest BCUT2D eigenvalue weighted by atomic mass is 16.5. The van der Waals surface area contributed by atoms with E-state index in [-0.39, 0.29) is 24.2 Å². The van der Waals surface area contributed by atoms with Gasteiger partial charge in [0.05, 0.1) is 31.1 Å². The van der Waals surface area contributed by atoms with E-state index in [1.807, 2.05) is 11.1 Å². The van der Waals surface area contributed by atoms with Gasteiger partial charge in [-0.3, -0.25) is 14.4 Å². The monoisotopic (exact) mass is 420 g/mol. The summed E-state index contributed by atoms with van der Waals surface area (Å²) in [4.78, 5) is 16.7. The molecule has 1 amide bonds. The van der Waals surface area contributed by atoms with Gasteiger partial charge in [0.2, 0.25) is 5.91 Å². The first kappa shape index (κ1) is 21.7. The van der Waals surface area contributed by atoms with Crippen LogP contribution in [-0.2, 0) is 32.1 Å². The molecule has 8 nitrogen and oxygen atoms in total. The Balaban J connectivity index is 1.24. The molecular weight excluding hydrogens is 384 g/mol. The number of morpholine rings is 1. The standard InChI is InChI=1S/C22H36N4O4/c1-3-26-18(2)19(15-23-26)16-24-7-5-22(6-8-24)14-20(4-11-30-22)29-17-21(27)25-9-12-28-13-10-25/h15,20H,3-14,16-17H2,1-2H3. The number of likely N-dealkylation sites (tertiary alicyclic amines) is 1. The molecule has 3 saturated heterocycles. The molecule has 0 aromatic carbocycles. The van der Waals surface area contributed by atoms with Gasteiger partial charge in [-0.15, -0.1) is 0 Å². The molecule has 1 atom stereocenters. The van der Waals surface area contributed by atoms with E-state index < -0.39 is 0 Å². The van der Waals surface area contributed by atoms with Crippen LogP contribution >= 0.6 is 0 Å². The van der Waals surface area contributed by atoms with Crippen molar-refractivity contribution in [3.8, 4) is 0 Å². The summed E-state index contributed by atoms with van der Waals surface area (Å²) >= 11 is 0. The minimum atomic E-state index is -0.0932. The molecule has 1 aromatic rings. The van der Waals surface area contributed by atoms with Gasteiger partial charge in [-0.1, -0.05) is 0 Å². The maximum atomic E-state index is 12.4. The molecule has 0 N–H and O–H groups in total. The van der Waals surface area contributed by atoms with Crippen molar-refractivity contribution >= 4 is 5.91 Å². The van der Waals surface area contributed by atoms with Gasteiger partial charge in [-0.25, -0.2) is 0 Å². The zero-order valence-electron chi connectivity index (χ0n) is 18.5. The van der Waals surface area contributed by atoms with E-state index in [1.54, 1.807) is 0 Å². The topological polar surface area (TPSA) is 69.1 Å². The number of ether oxygens (including phenoxy) is 3. The van der Waals surface area contributed by atoms with Crippen LogP contribution in [0.2, 0.25) is 0 Å². The fourth-order valence-corrected chi connectivity index (χ4v) is 4.89. The minimum absolute atomic E-state index is 0.0802. The quantitative estimate of drug-likeness (QED) is 0.696. The summed E-state index contributed by atoms with van der Waals surface area (Å²) in [7, 11) is 0. The average molecular weight is 421 g/mol. The van der Waals surface area contributed by atoms with Gasteiger partial charge in [-0.05, 0) is 33.1 Å². The fraction of sp³-hybridized carbons (Fsp3) is 0.818. The maximum absolute atomic E-state index is 12.4. The van der Waals surface area contributed by atoms with Crippen LogP contribution in [0, 0.1) is 6.92 Å². The zero-order chi connectivity index (χ0) is 21.0. The van der Waals surface area contributed by atoms with Gasteiger partial charge >= 0.3 is 0 Å². The number of carbonyl (C=O) groups is 1. The van der Waals surface area contributed by atoms with E-state index in [9.17, 15) is 4.79 Å². The van der Waals surface area contributed by atoms with E-state index in [4.69, 9.17) is 14.2 Å². The van der Waals surface area contributed by atoms with Gasteiger partial charge in [0.1, 0.15) is 6.61 Å². The lowest BCUT2D eigenvalue weighted by Gasteiger charge is -2.46. The highest BCUT2D eigenvalue weighted by Crippen LogP contribution is 2.36. The second-order valence-electron chi connectivity index (χ2n) is 8.80. The predicted molar refractivity (Wildman–Crippen MR) is 112 cm³/mol. The number of aryl methyl sites for hydroxylation is 1. The highest BCUT2D eigenvalue weighted by Gasteiger charge is 2.41. The Morgan fingerprint density at radius 2 is 2.00 bits per heavy atom. The van der Waals surface area contributed by atoms with E-state index >= 15 is 0 Å².